The number of nitrogens with zero attached hydrogens (tertiary/aromatic N) is 2. The van der Waals surface area contributed by atoms with Gasteiger partial charge in [0.1, 0.15) is 0 Å². The molecule has 0 spiro atoms. The average molecular weight is 319 g/mol. The van der Waals surface area contributed by atoms with E-state index in [4.69, 9.17) is 0 Å². The highest BCUT2D eigenvalue weighted by molar-refractivity contribution is 5.76. The van der Waals surface area contributed by atoms with Gasteiger partial charge in [-0.15, -0.1) is 0 Å². The largest absolute Gasteiger partial charge is 0.394 e. The van der Waals surface area contributed by atoms with Crippen LogP contribution in [0.15, 0.2) is 24.5 Å². The number of rotatable bonds is 6. The van der Waals surface area contributed by atoms with E-state index in [2.05, 4.69) is 31.1 Å². The molecule has 1 fully saturated rings. The smallest absolute Gasteiger partial charge is 0.318 e. The molecule has 0 aromatic carbocycles. The first-order valence-corrected chi connectivity index (χ1v) is 8.61. The van der Waals surface area contributed by atoms with E-state index in [9.17, 15) is 9.90 Å². The minimum absolute atomic E-state index is 0.0263. The van der Waals surface area contributed by atoms with E-state index in [1.807, 2.05) is 17.0 Å². The van der Waals surface area contributed by atoms with Crippen LogP contribution >= 0.6 is 0 Å². The van der Waals surface area contributed by atoms with Crippen LogP contribution in [-0.2, 0) is 0 Å². The summed E-state index contributed by atoms with van der Waals surface area (Å²) in [6.45, 7) is 7.08. The summed E-state index contributed by atoms with van der Waals surface area (Å²) in [6, 6.07) is 3.78. The minimum atomic E-state index is -0.408. The van der Waals surface area contributed by atoms with Gasteiger partial charge in [-0.05, 0) is 49.3 Å². The molecule has 2 atom stereocenters. The van der Waals surface area contributed by atoms with E-state index < -0.39 is 5.54 Å². The molecular weight excluding hydrogens is 290 g/mol. The van der Waals surface area contributed by atoms with Crippen molar-refractivity contribution in [1.29, 1.82) is 0 Å². The zero-order chi connectivity index (χ0) is 16.9. The highest BCUT2D eigenvalue weighted by Crippen LogP contribution is 2.35. The first-order chi connectivity index (χ1) is 11.0. The molecule has 5 nitrogen and oxygen atoms in total. The summed E-state index contributed by atoms with van der Waals surface area (Å²) in [7, 11) is 0. The Kier molecular flexibility index (Phi) is 5.99. The Labute approximate surface area is 139 Å². The molecule has 0 unspecified atom stereocenters. The standard InChI is InChI=1S/C18H29N3O2/c1-4-16(15-6-9-19-10-7-15)20-17(23)21-11-5-8-18(21,13-22)12-14(2)3/h6-7,9-10,14,16,22H,4-5,8,11-13H2,1-3H3,(H,20,23)/t16-,18+/m0/s1. The molecule has 1 aromatic rings. The zero-order valence-electron chi connectivity index (χ0n) is 14.5. The number of aliphatic hydroxyl groups excluding tert-OH is 1. The molecular formula is C18H29N3O2. The molecule has 1 aliphatic rings. The Balaban J connectivity index is 2.12. The molecule has 1 saturated heterocycles. The van der Waals surface area contributed by atoms with Crippen molar-refractivity contribution in [2.45, 2.75) is 58.0 Å². The van der Waals surface area contributed by atoms with Crippen molar-refractivity contribution in [3.8, 4) is 0 Å². The Hall–Kier alpha value is -1.62. The Bertz CT molecular complexity index is 506. The summed E-state index contributed by atoms with van der Waals surface area (Å²) in [6.07, 6.45) is 6.98. The van der Waals surface area contributed by atoms with Crippen LogP contribution in [0.5, 0.6) is 0 Å². The first kappa shape index (κ1) is 17.7. The number of urea groups is 1. The molecule has 0 aliphatic carbocycles. The van der Waals surface area contributed by atoms with Crippen molar-refractivity contribution in [1.82, 2.24) is 15.2 Å². The lowest BCUT2D eigenvalue weighted by Crippen LogP contribution is -2.54. The Morgan fingerprint density at radius 2 is 2.13 bits per heavy atom. The van der Waals surface area contributed by atoms with Crippen molar-refractivity contribution in [2.75, 3.05) is 13.2 Å². The highest BCUT2D eigenvalue weighted by Gasteiger charge is 2.43. The molecule has 0 radical (unpaired) electrons. The number of aliphatic hydroxyl groups is 1. The fourth-order valence-corrected chi connectivity index (χ4v) is 3.70. The molecule has 5 heteroatoms. The fraction of sp³-hybridized carbons (Fsp3) is 0.667. The molecule has 23 heavy (non-hydrogen) atoms. The lowest BCUT2D eigenvalue weighted by molar-refractivity contribution is 0.0664. The maximum absolute atomic E-state index is 12.8. The van der Waals surface area contributed by atoms with Crippen LogP contribution in [0.3, 0.4) is 0 Å². The number of nitrogens with one attached hydrogen (secondary N) is 1. The van der Waals surface area contributed by atoms with Gasteiger partial charge in [0, 0.05) is 18.9 Å². The molecule has 2 rings (SSSR count). The third kappa shape index (κ3) is 4.02. The van der Waals surface area contributed by atoms with Crippen molar-refractivity contribution in [3.63, 3.8) is 0 Å². The number of carbonyl (C=O) groups is 1. The molecule has 1 aliphatic heterocycles. The summed E-state index contributed by atoms with van der Waals surface area (Å²) < 4.78 is 0. The van der Waals surface area contributed by atoms with Crippen LogP contribution in [0.2, 0.25) is 0 Å². The number of aromatic nitrogens is 1. The quantitative estimate of drug-likeness (QED) is 0.846. The monoisotopic (exact) mass is 319 g/mol. The van der Waals surface area contributed by atoms with Gasteiger partial charge in [-0.1, -0.05) is 20.8 Å². The topological polar surface area (TPSA) is 65.5 Å². The molecule has 2 heterocycles. The van der Waals surface area contributed by atoms with E-state index in [0.717, 1.165) is 31.2 Å². The molecule has 128 valence electrons. The van der Waals surface area contributed by atoms with Gasteiger partial charge >= 0.3 is 6.03 Å². The summed E-state index contributed by atoms with van der Waals surface area (Å²) in [5.41, 5.74) is 0.655. The molecule has 2 amide bonds. The number of hydrogen-bond donors (Lipinski definition) is 2. The van der Waals surface area contributed by atoms with Crippen LogP contribution in [-0.4, -0.2) is 39.7 Å². The summed E-state index contributed by atoms with van der Waals surface area (Å²) in [4.78, 5) is 18.7. The normalized spacial score (nSPS) is 22.4. The van der Waals surface area contributed by atoms with E-state index in [1.165, 1.54) is 0 Å². The van der Waals surface area contributed by atoms with E-state index in [-0.39, 0.29) is 18.7 Å². The van der Waals surface area contributed by atoms with Gasteiger partial charge in [0.2, 0.25) is 0 Å². The number of amides is 2. The molecule has 1 aromatic heterocycles. The molecule has 0 bridgehead atoms. The lowest BCUT2D eigenvalue weighted by Gasteiger charge is -2.39. The SMILES string of the molecule is CC[C@H](NC(=O)N1CCC[C@]1(CO)CC(C)C)c1ccncc1. The van der Waals surface area contributed by atoms with Crippen LogP contribution in [0.25, 0.3) is 0 Å². The first-order valence-electron chi connectivity index (χ1n) is 8.61. The minimum Gasteiger partial charge on any atom is -0.394 e. The van der Waals surface area contributed by atoms with Crippen molar-refractivity contribution >= 4 is 6.03 Å². The second-order valence-electron chi connectivity index (χ2n) is 6.93. The third-order valence-corrected chi connectivity index (χ3v) is 4.74. The van der Waals surface area contributed by atoms with E-state index >= 15 is 0 Å². The van der Waals surface area contributed by atoms with Gasteiger partial charge in [-0.3, -0.25) is 4.98 Å². The van der Waals surface area contributed by atoms with Crippen LogP contribution in [0, 0.1) is 5.92 Å². The highest BCUT2D eigenvalue weighted by atomic mass is 16.3. The Morgan fingerprint density at radius 1 is 1.43 bits per heavy atom. The van der Waals surface area contributed by atoms with E-state index in [0.29, 0.717) is 12.5 Å². The summed E-state index contributed by atoms with van der Waals surface area (Å²) >= 11 is 0. The zero-order valence-corrected chi connectivity index (χ0v) is 14.5. The van der Waals surface area contributed by atoms with Gasteiger partial charge in [-0.2, -0.15) is 0 Å². The predicted molar refractivity (Wildman–Crippen MR) is 91.0 cm³/mol. The van der Waals surface area contributed by atoms with Gasteiger partial charge in [-0.25, -0.2) is 4.79 Å². The molecule has 2 N–H and O–H groups in total. The van der Waals surface area contributed by atoms with Gasteiger partial charge < -0.3 is 15.3 Å². The van der Waals surface area contributed by atoms with Gasteiger partial charge in [0.15, 0.2) is 0 Å². The maximum Gasteiger partial charge on any atom is 0.318 e. The van der Waals surface area contributed by atoms with Crippen LogP contribution in [0.1, 0.15) is 58.1 Å². The van der Waals surface area contributed by atoms with Crippen LogP contribution in [0.4, 0.5) is 4.79 Å². The van der Waals surface area contributed by atoms with Crippen molar-refractivity contribution in [2.24, 2.45) is 5.92 Å². The lowest BCUT2D eigenvalue weighted by atomic mass is 9.87. The van der Waals surface area contributed by atoms with Gasteiger partial charge in [0.25, 0.3) is 0 Å². The number of pyridine rings is 1. The number of likely N-dealkylation sites (tertiary alicyclic amines) is 1. The van der Waals surface area contributed by atoms with Crippen molar-refractivity contribution in [3.05, 3.63) is 30.1 Å². The second-order valence-corrected chi connectivity index (χ2v) is 6.93. The predicted octanol–water partition coefficient (Wildman–Crippen LogP) is 3.12. The molecule has 0 saturated carbocycles. The summed E-state index contributed by atoms with van der Waals surface area (Å²) in [5, 5.41) is 13.1. The fourth-order valence-electron chi connectivity index (χ4n) is 3.70. The number of hydrogen-bond acceptors (Lipinski definition) is 3. The van der Waals surface area contributed by atoms with Gasteiger partial charge in [0.05, 0.1) is 18.2 Å². The van der Waals surface area contributed by atoms with E-state index in [1.54, 1.807) is 12.4 Å². The van der Waals surface area contributed by atoms with Crippen molar-refractivity contribution < 1.29 is 9.90 Å². The average Bonchev–Trinajstić information content (AvgIpc) is 2.96. The Morgan fingerprint density at radius 3 is 2.70 bits per heavy atom. The van der Waals surface area contributed by atoms with Crippen LogP contribution < -0.4 is 5.32 Å². The summed E-state index contributed by atoms with van der Waals surface area (Å²) in [5.74, 6) is 0.442. The third-order valence-electron chi connectivity index (χ3n) is 4.74. The second kappa shape index (κ2) is 7.77. The number of carbonyl (C=O) groups excluding carboxylic acids is 1. The maximum atomic E-state index is 12.8.